The van der Waals surface area contributed by atoms with Gasteiger partial charge >= 0.3 is 18.4 Å². The molecule has 0 radical (unpaired) electrons. The summed E-state index contributed by atoms with van der Waals surface area (Å²) in [7, 11) is 0. The smallest absolute Gasteiger partial charge is 0.435 e. The summed E-state index contributed by atoms with van der Waals surface area (Å²) in [6.45, 7) is 1.39. The largest absolute Gasteiger partial charge is 0.439 e. The number of nitrogens with one attached hydrogen (secondary N) is 1. The van der Waals surface area contributed by atoms with Crippen LogP contribution in [0.4, 0.5) is 31.1 Å². The Morgan fingerprint density at radius 3 is 2.44 bits per heavy atom. The molecule has 1 N–H and O–H groups in total. The van der Waals surface area contributed by atoms with Crippen molar-refractivity contribution in [2.45, 2.75) is 25.4 Å². The second-order valence-corrected chi connectivity index (χ2v) is 5.39. The average Bonchev–Trinajstić information content (AvgIpc) is 3.03. The van der Waals surface area contributed by atoms with Crippen LogP contribution in [0.3, 0.4) is 0 Å². The fourth-order valence-corrected chi connectivity index (χ4v) is 2.32. The third-order valence-corrected chi connectivity index (χ3v) is 3.50. The monoisotopic (exact) mass is 393 g/mol. The van der Waals surface area contributed by atoms with Gasteiger partial charge in [0.1, 0.15) is 17.4 Å². The number of hydrazone groups is 1. The Morgan fingerprint density at radius 2 is 1.89 bits per heavy atom. The van der Waals surface area contributed by atoms with E-state index in [2.05, 4.69) is 15.2 Å². The van der Waals surface area contributed by atoms with Gasteiger partial charge in [-0.3, -0.25) is 0 Å². The standard InChI is InChI=1S/C14H9F6N5O2/c1-6-10(22-23-12(26)27-6)7-4-8(13(15,16)17)11(21-5-7)25-3-2-9(24-25)14(18,19)20/h2-6H,1H3,(H,23,26). The number of pyridine rings is 1. The second kappa shape index (κ2) is 6.25. The highest BCUT2D eigenvalue weighted by Crippen LogP contribution is 2.34. The summed E-state index contributed by atoms with van der Waals surface area (Å²) < 4.78 is 83.5. The number of amides is 1. The number of hydrogen-bond acceptors (Lipinski definition) is 5. The summed E-state index contributed by atoms with van der Waals surface area (Å²) in [4.78, 5) is 14.7. The quantitative estimate of drug-likeness (QED) is 0.795. The lowest BCUT2D eigenvalue weighted by Crippen LogP contribution is -2.37. The molecule has 0 bridgehead atoms. The zero-order valence-corrected chi connectivity index (χ0v) is 13.3. The van der Waals surface area contributed by atoms with Crippen LogP contribution in [-0.2, 0) is 17.1 Å². The van der Waals surface area contributed by atoms with E-state index in [-0.39, 0.29) is 11.3 Å². The second-order valence-electron chi connectivity index (χ2n) is 5.39. The molecular formula is C14H9F6N5O2. The molecule has 0 aliphatic carbocycles. The molecule has 27 heavy (non-hydrogen) atoms. The molecule has 0 fully saturated rings. The van der Waals surface area contributed by atoms with Gasteiger partial charge in [-0.1, -0.05) is 0 Å². The highest BCUT2D eigenvalue weighted by atomic mass is 19.4. The van der Waals surface area contributed by atoms with E-state index in [0.29, 0.717) is 16.8 Å². The number of nitrogens with zero attached hydrogens (tertiary/aromatic N) is 4. The van der Waals surface area contributed by atoms with E-state index in [0.717, 1.165) is 12.4 Å². The lowest BCUT2D eigenvalue weighted by Gasteiger charge is -2.21. The van der Waals surface area contributed by atoms with E-state index < -0.39 is 41.6 Å². The maximum atomic E-state index is 13.4. The molecule has 2 aromatic rings. The van der Waals surface area contributed by atoms with Crippen LogP contribution in [0.5, 0.6) is 0 Å². The summed E-state index contributed by atoms with van der Waals surface area (Å²) in [5.41, 5.74) is -0.883. The van der Waals surface area contributed by atoms with E-state index in [1.165, 1.54) is 6.92 Å². The Labute approximate surface area is 146 Å². The zero-order chi connectivity index (χ0) is 20.0. The van der Waals surface area contributed by atoms with Crippen molar-refractivity contribution in [3.8, 4) is 5.82 Å². The van der Waals surface area contributed by atoms with Crippen LogP contribution in [0.1, 0.15) is 23.7 Å². The van der Waals surface area contributed by atoms with Gasteiger partial charge in [-0.2, -0.15) is 36.5 Å². The fourth-order valence-electron chi connectivity index (χ4n) is 2.32. The predicted molar refractivity (Wildman–Crippen MR) is 77.0 cm³/mol. The maximum Gasteiger partial charge on any atom is 0.435 e. The Hall–Kier alpha value is -3.12. The molecule has 1 aliphatic heterocycles. The molecular weight excluding hydrogens is 384 g/mol. The minimum Gasteiger partial charge on any atom is -0.439 e. The number of carbonyl (C=O) groups excluding carboxylic acids is 1. The minimum absolute atomic E-state index is 0.0319. The van der Waals surface area contributed by atoms with Gasteiger partial charge in [0.2, 0.25) is 0 Å². The number of carbonyl (C=O) groups is 1. The van der Waals surface area contributed by atoms with Gasteiger partial charge in [-0.25, -0.2) is 19.9 Å². The van der Waals surface area contributed by atoms with E-state index in [4.69, 9.17) is 4.74 Å². The summed E-state index contributed by atoms with van der Waals surface area (Å²) in [5, 5.41) is 6.75. The summed E-state index contributed by atoms with van der Waals surface area (Å²) in [6, 6.07) is 1.18. The lowest BCUT2D eigenvalue weighted by molar-refractivity contribution is -0.141. The molecule has 0 aromatic carbocycles. The van der Waals surface area contributed by atoms with E-state index in [1.54, 1.807) is 0 Å². The normalized spacial score (nSPS) is 18.0. The van der Waals surface area contributed by atoms with Gasteiger partial charge in [0.05, 0.1) is 0 Å². The third-order valence-electron chi connectivity index (χ3n) is 3.50. The molecule has 1 aliphatic rings. The van der Waals surface area contributed by atoms with Crippen LogP contribution in [0.15, 0.2) is 29.6 Å². The molecule has 144 valence electrons. The first kappa shape index (κ1) is 18.7. The van der Waals surface area contributed by atoms with Gasteiger partial charge < -0.3 is 4.74 Å². The first-order valence-corrected chi connectivity index (χ1v) is 7.22. The van der Waals surface area contributed by atoms with Crippen LogP contribution >= 0.6 is 0 Å². The average molecular weight is 393 g/mol. The number of ether oxygens (including phenoxy) is 1. The molecule has 1 unspecified atom stereocenters. The molecule has 13 heteroatoms. The topological polar surface area (TPSA) is 81.4 Å². The van der Waals surface area contributed by atoms with Crippen LogP contribution in [0, 0.1) is 0 Å². The Balaban J connectivity index is 2.09. The van der Waals surface area contributed by atoms with E-state index in [9.17, 15) is 31.1 Å². The molecule has 0 spiro atoms. The molecule has 0 saturated carbocycles. The van der Waals surface area contributed by atoms with Crippen molar-refractivity contribution in [3.63, 3.8) is 0 Å². The SMILES string of the molecule is CC1OC(=O)NN=C1c1cnc(-n2ccc(C(F)(F)F)n2)c(C(F)(F)F)c1. The minimum atomic E-state index is -4.94. The highest BCUT2D eigenvalue weighted by Gasteiger charge is 2.38. The van der Waals surface area contributed by atoms with Crippen molar-refractivity contribution in [3.05, 3.63) is 41.3 Å². The lowest BCUT2D eigenvalue weighted by atomic mass is 10.1. The molecule has 1 amide bonds. The number of aromatic nitrogens is 3. The number of cyclic esters (lactones) is 1. The number of rotatable bonds is 2. The summed E-state index contributed by atoms with van der Waals surface area (Å²) >= 11 is 0. The van der Waals surface area contributed by atoms with Gasteiger partial charge in [-0.05, 0) is 19.1 Å². The Morgan fingerprint density at radius 1 is 1.19 bits per heavy atom. The van der Waals surface area contributed by atoms with Crippen molar-refractivity contribution >= 4 is 11.8 Å². The predicted octanol–water partition coefficient (Wildman–Crippen LogP) is 3.14. The van der Waals surface area contributed by atoms with Gasteiger partial charge in [0, 0.05) is 18.0 Å². The van der Waals surface area contributed by atoms with E-state index >= 15 is 0 Å². The number of halogens is 6. The maximum absolute atomic E-state index is 13.4. The molecule has 0 saturated heterocycles. The third kappa shape index (κ3) is 3.71. The van der Waals surface area contributed by atoms with Crippen LogP contribution in [-0.4, -0.2) is 32.7 Å². The molecule has 3 heterocycles. The zero-order valence-electron chi connectivity index (χ0n) is 13.3. The van der Waals surface area contributed by atoms with Gasteiger partial charge in [0.15, 0.2) is 11.5 Å². The Kier molecular flexibility index (Phi) is 4.32. The summed E-state index contributed by atoms with van der Waals surface area (Å²) in [6.07, 6.45) is -9.88. The van der Waals surface area contributed by atoms with Crippen LogP contribution in [0.2, 0.25) is 0 Å². The first-order chi connectivity index (χ1) is 12.5. The molecule has 3 rings (SSSR count). The van der Waals surface area contributed by atoms with E-state index in [1.807, 2.05) is 5.43 Å². The molecule has 2 aromatic heterocycles. The van der Waals surface area contributed by atoms with Crippen LogP contribution in [0.25, 0.3) is 5.82 Å². The molecule has 7 nitrogen and oxygen atoms in total. The van der Waals surface area contributed by atoms with Gasteiger partial charge in [0.25, 0.3) is 0 Å². The van der Waals surface area contributed by atoms with Crippen LogP contribution < -0.4 is 5.43 Å². The first-order valence-electron chi connectivity index (χ1n) is 7.22. The van der Waals surface area contributed by atoms with Crippen molar-refractivity contribution in [1.82, 2.24) is 20.2 Å². The molecule has 1 atom stereocenters. The van der Waals surface area contributed by atoms with Crippen molar-refractivity contribution in [2.24, 2.45) is 5.10 Å². The summed E-state index contributed by atoms with van der Waals surface area (Å²) in [5.74, 6) is -0.837. The van der Waals surface area contributed by atoms with Gasteiger partial charge in [-0.15, -0.1) is 0 Å². The number of alkyl halides is 6. The van der Waals surface area contributed by atoms with Crippen molar-refractivity contribution in [1.29, 1.82) is 0 Å². The fraction of sp³-hybridized carbons (Fsp3) is 0.286. The highest BCUT2D eigenvalue weighted by molar-refractivity contribution is 6.05. The van der Waals surface area contributed by atoms with Crippen molar-refractivity contribution in [2.75, 3.05) is 0 Å². The Bertz CT molecular complexity index is 917. The number of hydrogen-bond donors (Lipinski definition) is 1. The van der Waals surface area contributed by atoms with Crippen molar-refractivity contribution < 1.29 is 35.9 Å².